The van der Waals surface area contributed by atoms with Gasteiger partial charge in [-0.25, -0.2) is 4.98 Å². The SMILES string of the molecule is CC(C)CCCC(C)NC(=O)CSc1nc2ccccc2c(=O)n1-c1ccc(C#N)cc1. The number of hydrogen-bond donors (Lipinski definition) is 1. The van der Waals surface area contributed by atoms with Crippen LogP contribution >= 0.6 is 11.8 Å². The number of amides is 1. The summed E-state index contributed by atoms with van der Waals surface area (Å²) >= 11 is 1.23. The molecule has 1 unspecified atom stereocenters. The van der Waals surface area contributed by atoms with Crippen LogP contribution < -0.4 is 10.9 Å². The van der Waals surface area contributed by atoms with Crippen LogP contribution in [0.15, 0.2) is 58.5 Å². The molecule has 0 aliphatic heterocycles. The van der Waals surface area contributed by atoms with E-state index in [1.807, 2.05) is 13.0 Å². The fourth-order valence-electron chi connectivity index (χ4n) is 3.47. The van der Waals surface area contributed by atoms with Gasteiger partial charge in [-0.05, 0) is 55.7 Å². The van der Waals surface area contributed by atoms with Crippen molar-refractivity contribution in [1.29, 1.82) is 5.26 Å². The summed E-state index contributed by atoms with van der Waals surface area (Å²) in [4.78, 5) is 30.4. The number of fused-ring (bicyclic) bond motifs is 1. The van der Waals surface area contributed by atoms with Gasteiger partial charge in [0.1, 0.15) is 0 Å². The topological polar surface area (TPSA) is 87.8 Å². The zero-order valence-corrected chi connectivity index (χ0v) is 19.5. The van der Waals surface area contributed by atoms with Gasteiger partial charge in [-0.2, -0.15) is 5.26 Å². The number of benzene rings is 2. The number of nitrogens with zero attached hydrogens (tertiary/aromatic N) is 3. The first-order valence-electron chi connectivity index (χ1n) is 10.8. The average molecular weight is 449 g/mol. The standard InChI is InChI=1S/C25H28N4O2S/c1-17(2)7-6-8-18(3)27-23(30)16-32-25-28-22-10-5-4-9-21(22)24(31)29(25)20-13-11-19(15-26)12-14-20/h4-5,9-14,17-18H,6-8,16H2,1-3H3,(H,27,30). The molecule has 0 aliphatic rings. The Kier molecular flexibility index (Phi) is 8.07. The van der Waals surface area contributed by atoms with E-state index in [0.717, 1.165) is 19.3 Å². The average Bonchev–Trinajstić information content (AvgIpc) is 2.77. The van der Waals surface area contributed by atoms with Gasteiger partial charge in [0.15, 0.2) is 5.16 Å². The van der Waals surface area contributed by atoms with Crippen LogP contribution in [0.25, 0.3) is 16.6 Å². The molecule has 1 amide bonds. The van der Waals surface area contributed by atoms with Crippen LogP contribution in [-0.2, 0) is 4.79 Å². The van der Waals surface area contributed by atoms with Crippen molar-refractivity contribution in [2.45, 2.75) is 51.2 Å². The Morgan fingerprint density at radius 1 is 1.12 bits per heavy atom. The lowest BCUT2D eigenvalue weighted by molar-refractivity contribution is -0.119. The Balaban J connectivity index is 1.81. The van der Waals surface area contributed by atoms with Crippen LogP contribution in [0.1, 0.15) is 45.6 Å². The predicted molar refractivity (Wildman–Crippen MR) is 129 cm³/mol. The Labute approximate surface area is 192 Å². The van der Waals surface area contributed by atoms with Gasteiger partial charge in [-0.1, -0.05) is 50.6 Å². The van der Waals surface area contributed by atoms with Gasteiger partial charge in [0, 0.05) is 6.04 Å². The molecule has 1 aromatic heterocycles. The van der Waals surface area contributed by atoms with Crippen molar-refractivity contribution in [3.8, 4) is 11.8 Å². The van der Waals surface area contributed by atoms with Crippen molar-refractivity contribution in [3.05, 3.63) is 64.4 Å². The van der Waals surface area contributed by atoms with Gasteiger partial charge in [0.05, 0.1) is 34.0 Å². The molecule has 3 rings (SSSR count). The smallest absolute Gasteiger partial charge is 0.266 e. The molecule has 0 fully saturated rings. The summed E-state index contributed by atoms with van der Waals surface area (Å²) in [6.45, 7) is 6.41. The fraction of sp³-hybridized carbons (Fsp3) is 0.360. The molecule has 7 heteroatoms. The van der Waals surface area contributed by atoms with E-state index in [-0.39, 0.29) is 23.3 Å². The van der Waals surface area contributed by atoms with E-state index in [0.29, 0.717) is 33.2 Å². The van der Waals surface area contributed by atoms with Gasteiger partial charge in [-0.15, -0.1) is 0 Å². The Morgan fingerprint density at radius 3 is 2.53 bits per heavy atom. The number of hydrogen-bond acceptors (Lipinski definition) is 5. The number of rotatable bonds is 9. The predicted octanol–water partition coefficient (Wildman–Crippen LogP) is 4.68. The third kappa shape index (κ3) is 5.98. The van der Waals surface area contributed by atoms with Gasteiger partial charge < -0.3 is 5.32 Å². The maximum absolute atomic E-state index is 13.2. The first-order valence-corrected chi connectivity index (χ1v) is 11.8. The summed E-state index contributed by atoms with van der Waals surface area (Å²) in [5.74, 6) is 0.738. The summed E-state index contributed by atoms with van der Waals surface area (Å²) in [7, 11) is 0. The quantitative estimate of drug-likeness (QED) is 0.379. The van der Waals surface area contributed by atoms with Crippen molar-refractivity contribution in [1.82, 2.24) is 14.9 Å². The highest BCUT2D eigenvalue weighted by atomic mass is 32.2. The Hall–Kier alpha value is -3.11. The monoisotopic (exact) mass is 448 g/mol. The molecule has 6 nitrogen and oxygen atoms in total. The molecule has 3 aromatic rings. The Bertz CT molecular complexity index is 1180. The maximum Gasteiger partial charge on any atom is 0.266 e. The number of nitrogens with one attached hydrogen (secondary N) is 1. The molecule has 1 heterocycles. The van der Waals surface area contributed by atoms with Crippen LogP contribution in [0, 0.1) is 17.2 Å². The molecule has 32 heavy (non-hydrogen) atoms. The minimum absolute atomic E-state index is 0.0826. The second kappa shape index (κ2) is 11.0. The molecule has 2 aromatic carbocycles. The second-order valence-corrected chi connectivity index (χ2v) is 9.24. The van der Waals surface area contributed by atoms with Crippen molar-refractivity contribution in [3.63, 3.8) is 0 Å². The third-order valence-electron chi connectivity index (χ3n) is 5.16. The van der Waals surface area contributed by atoms with Crippen molar-refractivity contribution in [2.24, 2.45) is 5.92 Å². The van der Waals surface area contributed by atoms with Crippen molar-refractivity contribution < 1.29 is 4.79 Å². The molecule has 0 bridgehead atoms. The van der Waals surface area contributed by atoms with Gasteiger partial charge in [-0.3, -0.25) is 14.2 Å². The van der Waals surface area contributed by atoms with E-state index >= 15 is 0 Å². The van der Waals surface area contributed by atoms with E-state index in [9.17, 15) is 9.59 Å². The summed E-state index contributed by atoms with van der Waals surface area (Å²) in [6, 6.07) is 16.1. The van der Waals surface area contributed by atoms with E-state index in [1.54, 1.807) is 42.5 Å². The molecule has 0 aliphatic carbocycles. The van der Waals surface area contributed by atoms with Crippen LogP contribution in [0.2, 0.25) is 0 Å². The van der Waals surface area contributed by atoms with Crippen LogP contribution in [0.3, 0.4) is 0 Å². The summed E-state index contributed by atoms with van der Waals surface area (Å²) < 4.78 is 1.51. The molecule has 0 radical (unpaired) electrons. The number of aromatic nitrogens is 2. The minimum atomic E-state index is -0.203. The fourth-order valence-corrected chi connectivity index (χ4v) is 4.30. The number of carbonyl (C=O) groups excluding carboxylic acids is 1. The van der Waals surface area contributed by atoms with E-state index in [4.69, 9.17) is 5.26 Å². The van der Waals surface area contributed by atoms with E-state index in [1.165, 1.54) is 16.3 Å². The zero-order chi connectivity index (χ0) is 23.1. The normalized spacial score (nSPS) is 12.0. The highest BCUT2D eigenvalue weighted by molar-refractivity contribution is 7.99. The molecule has 0 saturated heterocycles. The largest absolute Gasteiger partial charge is 0.353 e. The number of para-hydroxylation sites is 1. The maximum atomic E-state index is 13.2. The number of nitriles is 1. The lowest BCUT2D eigenvalue weighted by Gasteiger charge is -2.16. The molecule has 0 saturated carbocycles. The molecule has 0 spiro atoms. The first-order chi connectivity index (χ1) is 15.4. The lowest BCUT2D eigenvalue weighted by atomic mass is 10.0. The number of carbonyl (C=O) groups is 1. The van der Waals surface area contributed by atoms with Gasteiger partial charge in [0.25, 0.3) is 5.56 Å². The summed E-state index contributed by atoms with van der Waals surface area (Å²) in [5, 5.41) is 13.1. The third-order valence-corrected chi connectivity index (χ3v) is 6.10. The van der Waals surface area contributed by atoms with E-state index < -0.39 is 0 Å². The lowest BCUT2D eigenvalue weighted by Crippen LogP contribution is -2.34. The van der Waals surface area contributed by atoms with Crippen LogP contribution in [0.4, 0.5) is 0 Å². The highest BCUT2D eigenvalue weighted by Gasteiger charge is 2.15. The molecule has 1 atom stereocenters. The molecule has 166 valence electrons. The molecular formula is C25H28N4O2S. The molecular weight excluding hydrogens is 420 g/mol. The minimum Gasteiger partial charge on any atom is -0.353 e. The first kappa shape index (κ1) is 23.6. The van der Waals surface area contributed by atoms with Gasteiger partial charge >= 0.3 is 0 Å². The van der Waals surface area contributed by atoms with E-state index in [2.05, 4.69) is 30.2 Å². The zero-order valence-electron chi connectivity index (χ0n) is 18.7. The van der Waals surface area contributed by atoms with Crippen LogP contribution in [-0.4, -0.2) is 27.3 Å². The summed E-state index contributed by atoms with van der Waals surface area (Å²) in [6.07, 6.45) is 3.17. The second-order valence-electron chi connectivity index (χ2n) is 8.29. The highest BCUT2D eigenvalue weighted by Crippen LogP contribution is 2.21. The number of thioether (sulfide) groups is 1. The summed E-state index contributed by atoms with van der Waals surface area (Å²) in [5.41, 5.74) is 1.51. The van der Waals surface area contributed by atoms with Crippen molar-refractivity contribution >= 4 is 28.6 Å². The van der Waals surface area contributed by atoms with Gasteiger partial charge in [0.2, 0.25) is 5.91 Å². The van der Waals surface area contributed by atoms with Crippen LogP contribution in [0.5, 0.6) is 0 Å². The van der Waals surface area contributed by atoms with Crippen molar-refractivity contribution in [2.75, 3.05) is 5.75 Å². The Morgan fingerprint density at radius 2 is 1.84 bits per heavy atom. The molecule has 1 N–H and O–H groups in total.